The summed E-state index contributed by atoms with van der Waals surface area (Å²) in [6.45, 7) is 0. The van der Waals surface area contributed by atoms with Gasteiger partial charge in [0.2, 0.25) is 5.91 Å². The fourth-order valence-corrected chi connectivity index (χ4v) is 3.13. The molecule has 0 fully saturated rings. The first-order valence-electron chi connectivity index (χ1n) is 7.78. The molecule has 0 saturated carbocycles. The van der Waals surface area contributed by atoms with Gasteiger partial charge in [0.05, 0.1) is 12.2 Å². The lowest BCUT2D eigenvalue weighted by Crippen LogP contribution is -2.31. The Hall–Kier alpha value is -2.30. The fraction of sp³-hybridized carbons (Fsp3) is 0.412. The van der Waals surface area contributed by atoms with Gasteiger partial charge in [-0.1, -0.05) is 18.2 Å². The van der Waals surface area contributed by atoms with Gasteiger partial charge >= 0.3 is 0 Å². The molecule has 1 atom stereocenters. The lowest BCUT2D eigenvalue weighted by molar-refractivity contribution is -0.121. The number of amides is 1. The molecule has 1 unspecified atom stereocenters. The van der Waals surface area contributed by atoms with E-state index in [-0.39, 0.29) is 11.9 Å². The minimum absolute atomic E-state index is 0.0740. The summed E-state index contributed by atoms with van der Waals surface area (Å²) >= 11 is 0. The fourth-order valence-electron chi connectivity index (χ4n) is 3.13. The number of rotatable bonds is 4. The van der Waals surface area contributed by atoms with Gasteiger partial charge in [-0.3, -0.25) is 9.48 Å². The molecule has 5 nitrogen and oxygen atoms in total. The third-order valence-corrected chi connectivity index (χ3v) is 4.39. The van der Waals surface area contributed by atoms with E-state index in [1.54, 1.807) is 0 Å². The van der Waals surface area contributed by atoms with E-state index in [1.165, 1.54) is 11.3 Å². The van der Waals surface area contributed by atoms with Crippen LogP contribution < -0.4 is 11.1 Å². The maximum Gasteiger partial charge on any atom is 0.220 e. The lowest BCUT2D eigenvalue weighted by atomic mass is 9.93. The van der Waals surface area contributed by atoms with Crippen molar-refractivity contribution in [2.24, 2.45) is 7.05 Å². The highest BCUT2D eigenvalue weighted by Crippen LogP contribution is 2.29. The zero-order valence-electron chi connectivity index (χ0n) is 12.9. The molecule has 1 aliphatic carbocycles. The number of nitrogens with two attached hydrogens (primary N) is 1. The predicted molar refractivity (Wildman–Crippen MR) is 86.2 cm³/mol. The standard InChI is InChI=1S/C17H22N4O/c1-21-16-8-4-7-15(13(16)11-19-21)20-17(22)10-9-12-5-2-3-6-14(12)18/h2-3,5-6,11,15H,4,7-10,18H2,1H3,(H,20,22). The number of aryl methyl sites for hydroxylation is 2. The van der Waals surface area contributed by atoms with Crippen molar-refractivity contribution in [3.8, 4) is 0 Å². The molecule has 0 aliphatic heterocycles. The van der Waals surface area contributed by atoms with Gasteiger partial charge in [0.15, 0.2) is 0 Å². The van der Waals surface area contributed by atoms with E-state index in [1.807, 2.05) is 42.2 Å². The molecule has 3 N–H and O–H groups in total. The minimum Gasteiger partial charge on any atom is -0.399 e. The second-order valence-corrected chi connectivity index (χ2v) is 5.88. The maximum absolute atomic E-state index is 12.2. The van der Waals surface area contributed by atoms with Crippen molar-refractivity contribution in [2.45, 2.75) is 38.1 Å². The van der Waals surface area contributed by atoms with E-state index in [0.29, 0.717) is 12.8 Å². The van der Waals surface area contributed by atoms with Crippen molar-refractivity contribution in [1.82, 2.24) is 15.1 Å². The second kappa shape index (κ2) is 6.22. The van der Waals surface area contributed by atoms with Crippen LogP contribution in [-0.4, -0.2) is 15.7 Å². The molecule has 2 aromatic rings. The molecular formula is C17H22N4O. The van der Waals surface area contributed by atoms with Gasteiger partial charge in [-0.05, 0) is 37.3 Å². The Balaban J connectivity index is 1.60. The smallest absolute Gasteiger partial charge is 0.220 e. The van der Waals surface area contributed by atoms with Crippen LogP contribution in [0.2, 0.25) is 0 Å². The first-order valence-corrected chi connectivity index (χ1v) is 7.78. The number of para-hydroxylation sites is 1. The number of benzene rings is 1. The lowest BCUT2D eigenvalue weighted by Gasteiger charge is -2.23. The molecule has 0 radical (unpaired) electrons. The van der Waals surface area contributed by atoms with E-state index in [9.17, 15) is 4.79 Å². The molecule has 1 aliphatic rings. The van der Waals surface area contributed by atoms with Crippen LogP contribution >= 0.6 is 0 Å². The summed E-state index contributed by atoms with van der Waals surface area (Å²) in [6.07, 6.45) is 6.12. The number of anilines is 1. The SMILES string of the molecule is Cn1ncc2c1CCCC2NC(=O)CCc1ccccc1N. The molecule has 22 heavy (non-hydrogen) atoms. The molecule has 1 aromatic carbocycles. The van der Waals surface area contributed by atoms with Crippen LogP contribution in [0.5, 0.6) is 0 Å². The van der Waals surface area contributed by atoms with Crippen LogP contribution in [0.15, 0.2) is 30.5 Å². The second-order valence-electron chi connectivity index (χ2n) is 5.88. The maximum atomic E-state index is 12.2. The first-order chi connectivity index (χ1) is 10.6. The summed E-state index contributed by atoms with van der Waals surface area (Å²) in [6, 6.07) is 7.80. The third-order valence-electron chi connectivity index (χ3n) is 4.39. The van der Waals surface area contributed by atoms with Gasteiger partial charge in [0.1, 0.15) is 0 Å². The molecule has 5 heteroatoms. The highest BCUT2D eigenvalue weighted by atomic mass is 16.1. The van der Waals surface area contributed by atoms with Crippen molar-refractivity contribution in [2.75, 3.05) is 5.73 Å². The number of nitrogen functional groups attached to an aromatic ring is 1. The van der Waals surface area contributed by atoms with Gasteiger partial charge in [0, 0.05) is 30.4 Å². The summed E-state index contributed by atoms with van der Waals surface area (Å²) in [5.74, 6) is 0.0740. The first kappa shape index (κ1) is 14.6. The highest BCUT2D eigenvalue weighted by molar-refractivity contribution is 5.77. The number of fused-ring (bicyclic) bond motifs is 1. The minimum atomic E-state index is 0.0740. The van der Waals surface area contributed by atoms with E-state index in [0.717, 1.165) is 30.5 Å². The van der Waals surface area contributed by atoms with Crippen molar-refractivity contribution >= 4 is 11.6 Å². The highest BCUT2D eigenvalue weighted by Gasteiger charge is 2.24. The topological polar surface area (TPSA) is 72.9 Å². The van der Waals surface area contributed by atoms with Crippen molar-refractivity contribution in [1.29, 1.82) is 0 Å². The van der Waals surface area contributed by atoms with Gasteiger partial charge < -0.3 is 11.1 Å². The Labute approximate surface area is 130 Å². The Morgan fingerprint density at radius 1 is 1.45 bits per heavy atom. The largest absolute Gasteiger partial charge is 0.399 e. The normalized spacial score (nSPS) is 17.0. The Kier molecular flexibility index (Phi) is 4.13. The molecule has 0 saturated heterocycles. The van der Waals surface area contributed by atoms with Gasteiger partial charge in [-0.2, -0.15) is 5.10 Å². The Bertz CT molecular complexity index is 677. The zero-order chi connectivity index (χ0) is 15.5. The average Bonchev–Trinajstić information content (AvgIpc) is 2.89. The van der Waals surface area contributed by atoms with Gasteiger partial charge in [0.25, 0.3) is 0 Å². The quantitative estimate of drug-likeness (QED) is 0.849. The predicted octanol–water partition coefficient (Wildman–Crippen LogP) is 2.13. The van der Waals surface area contributed by atoms with Crippen molar-refractivity contribution in [3.63, 3.8) is 0 Å². The van der Waals surface area contributed by atoms with E-state index >= 15 is 0 Å². The van der Waals surface area contributed by atoms with Gasteiger partial charge in [-0.15, -0.1) is 0 Å². The van der Waals surface area contributed by atoms with E-state index in [4.69, 9.17) is 5.73 Å². The van der Waals surface area contributed by atoms with Crippen molar-refractivity contribution < 1.29 is 4.79 Å². The van der Waals surface area contributed by atoms with Gasteiger partial charge in [-0.25, -0.2) is 0 Å². The van der Waals surface area contributed by atoms with Crippen LogP contribution in [0.25, 0.3) is 0 Å². The molecule has 1 aromatic heterocycles. The molecule has 0 spiro atoms. The number of aromatic nitrogens is 2. The molecular weight excluding hydrogens is 276 g/mol. The van der Waals surface area contributed by atoms with Crippen LogP contribution in [0.4, 0.5) is 5.69 Å². The summed E-state index contributed by atoms with van der Waals surface area (Å²) in [5.41, 5.74) is 10.1. The molecule has 1 heterocycles. The number of hydrogen-bond donors (Lipinski definition) is 2. The number of nitrogens with one attached hydrogen (secondary N) is 1. The Morgan fingerprint density at radius 3 is 3.09 bits per heavy atom. The molecule has 3 rings (SSSR count). The van der Waals surface area contributed by atoms with Crippen LogP contribution in [0, 0.1) is 0 Å². The van der Waals surface area contributed by atoms with E-state index in [2.05, 4.69) is 10.4 Å². The Morgan fingerprint density at radius 2 is 2.27 bits per heavy atom. The van der Waals surface area contributed by atoms with Crippen molar-refractivity contribution in [3.05, 3.63) is 47.3 Å². The summed E-state index contributed by atoms with van der Waals surface area (Å²) in [7, 11) is 1.96. The van der Waals surface area contributed by atoms with Crippen LogP contribution in [-0.2, 0) is 24.7 Å². The monoisotopic (exact) mass is 298 g/mol. The number of nitrogens with zero attached hydrogens (tertiary/aromatic N) is 2. The number of carbonyl (C=O) groups is 1. The van der Waals surface area contributed by atoms with Crippen LogP contribution in [0.1, 0.15) is 42.1 Å². The number of hydrogen-bond acceptors (Lipinski definition) is 3. The molecule has 1 amide bonds. The summed E-state index contributed by atoms with van der Waals surface area (Å²) in [4.78, 5) is 12.2. The third kappa shape index (κ3) is 2.98. The summed E-state index contributed by atoms with van der Waals surface area (Å²) in [5, 5.41) is 7.45. The number of carbonyl (C=O) groups excluding carboxylic acids is 1. The van der Waals surface area contributed by atoms with E-state index < -0.39 is 0 Å². The summed E-state index contributed by atoms with van der Waals surface area (Å²) < 4.78 is 1.91. The average molecular weight is 298 g/mol. The molecule has 116 valence electrons. The zero-order valence-corrected chi connectivity index (χ0v) is 12.9. The van der Waals surface area contributed by atoms with Crippen LogP contribution in [0.3, 0.4) is 0 Å². The molecule has 0 bridgehead atoms.